The molecular weight excluding hydrogens is 262 g/mol. The number of nitrogens with zero attached hydrogens (tertiary/aromatic N) is 1. The SMILES string of the molecule is Cc1cc2c(cc1C)C(O)C(N1CC(C)CC(C)C1)CO2. The van der Waals surface area contributed by atoms with E-state index in [0.717, 1.165) is 24.4 Å². The van der Waals surface area contributed by atoms with Gasteiger partial charge in [-0.2, -0.15) is 0 Å². The molecular formula is C18H27NO2. The summed E-state index contributed by atoms with van der Waals surface area (Å²) < 4.78 is 5.96. The van der Waals surface area contributed by atoms with E-state index in [9.17, 15) is 5.11 Å². The normalized spacial score (nSPS) is 33.4. The van der Waals surface area contributed by atoms with Crippen LogP contribution in [-0.2, 0) is 0 Å². The first-order chi connectivity index (χ1) is 9.95. The highest BCUT2D eigenvalue weighted by Crippen LogP contribution is 2.37. The van der Waals surface area contributed by atoms with E-state index in [1.54, 1.807) is 0 Å². The molecule has 1 N–H and O–H groups in total. The zero-order chi connectivity index (χ0) is 15.1. The fourth-order valence-electron chi connectivity index (χ4n) is 3.93. The molecule has 2 heterocycles. The number of ether oxygens (including phenoxy) is 1. The fraction of sp³-hybridized carbons (Fsp3) is 0.667. The average molecular weight is 289 g/mol. The Morgan fingerprint density at radius 1 is 1.10 bits per heavy atom. The third-order valence-electron chi connectivity index (χ3n) is 5.08. The van der Waals surface area contributed by atoms with Gasteiger partial charge in [0.25, 0.3) is 0 Å². The number of hydrogen-bond acceptors (Lipinski definition) is 3. The summed E-state index contributed by atoms with van der Waals surface area (Å²) in [6.07, 6.45) is 0.847. The number of fused-ring (bicyclic) bond motifs is 1. The Morgan fingerprint density at radius 3 is 2.38 bits per heavy atom. The van der Waals surface area contributed by atoms with Gasteiger partial charge < -0.3 is 9.84 Å². The molecule has 0 amide bonds. The lowest BCUT2D eigenvalue weighted by atomic mass is 9.88. The molecule has 0 radical (unpaired) electrons. The van der Waals surface area contributed by atoms with Crippen LogP contribution in [0.15, 0.2) is 12.1 Å². The molecule has 0 aliphatic carbocycles. The van der Waals surface area contributed by atoms with Crippen LogP contribution in [0.3, 0.4) is 0 Å². The molecule has 1 aromatic rings. The summed E-state index contributed by atoms with van der Waals surface area (Å²) in [6.45, 7) is 11.5. The van der Waals surface area contributed by atoms with Crippen molar-refractivity contribution < 1.29 is 9.84 Å². The molecule has 4 unspecified atom stereocenters. The van der Waals surface area contributed by atoms with E-state index < -0.39 is 6.10 Å². The van der Waals surface area contributed by atoms with Crippen LogP contribution in [0.2, 0.25) is 0 Å². The molecule has 0 spiro atoms. The van der Waals surface area contributed by atoms with E-state index in [2.05, 4.69) is 44.7 Å². The van der Waals surface area contributed by atoms with Crippen molar-refractivity contribution in [3.8, 4) is 5.75 Å². The first-order valence-corrected chi connectivity index (χ1v) is 8.11. The fourth-order valence-corrected chi connectivity index (χ4v) is 3.93. The van der Waals surface area contributed by atoms with Gasteiger partial charge in [-0.25, -0.2) is 0 Å². The monoisotopic (exact) mass is 289 g/mol. The van der Waals surface area contributed by atoms with Crippen LogP contribution in [-0.4, -0.2) is 35.7 Å². The third kappa shape index (κ3) is 2.82. The zero-order valence-corrected chi connectivity index (χ0v) is 13.6. The summed E-state index contributed by atoms with van der Waals surface area (Å²) in [6, 6.07) is 4.24. The van der Waals surface area contributed by atoms with Crippen LogP contribution in [0, 0.1) is 25.7 Å². The number of piperidine rings is 1. The lowest BCUT2D eigenvalue weighted by Crippen LogP contribution is -2.51. The third-order valence-corrected chi connectivity index (χ3v) is 5.08. The maximum atomic E-state index is 10.8. The minimum Gasteiger partial charge on any atom is -0.491 e. The van der Waals surface area contributed by atoms with Crippen molar-refractivity contribution in [3.63, 3.8) is 0 Å². The quantitative estimate of drug-likeness (QED) is 0.862. The van der Waals surface area contributed by atoms with Crippen LogP contribution < -0.4 is 4.74 Å². The molecule has 116 valence electrons. The highest BCUT2D eigenvalue weighted by atomic mass is 16.5. The van der Waals surface area contributed by atoms with E-state index in [1.807, 2.05) is 0 Å². The number of aliphatic hydroxyl groups excluding tert-OH is 1. The maximum Gasteiger partial charge on any atom is 0.125 e. The molecule has 21 heavy (non-hydrogen) atoms. The van der Waals surface area contributed by atoms with Crippen LogP contribution >= 0.6 is 0 Å². The summed E-state index contributed by atoms with van der Waals surface area (Å²) in [7, 11) is 0. The number of benzene rings is 1. The Morgan fingerprint density at radius 2 is 1.71 bits per heavy atom. The second-order valence-electron chi connectivity index (χ2n) is 7.20. The van der Waals surface area contributed by atoms with E-state index in [-0.39, 0.29) is 6.04 Å². The lowest BCUT2D eigenvalue weighted by Gasteiger charge is -2.43. The summed E-state index contributed by atoms with van der Waals surface area (Å²) in [5, 5.41) is 10.8. The number of rotatable bonds is 1. The smallest absolute Gasteiger partial charge is 0.125 e. The van der Waals surface area contributed by atoms with Crippen molar-refractivity contribution >= 4 is 0 Å². The second-order valence-corrected chi connectivity index (χ2v) is 7.20. The van der Waals surface area contributed by atoms with Gasteiger partial charge in [0.1, 0.15) is 18.5 Å². The van der Waals surface area contributed by atoms with Crippen LogP contribution in [0.5, 0.6) is 5.75 Å². The molecule has 0 aromatic heterocycles. The Hall–Kier alpha value is -1.06. The minimum atomic E-state index is -0.439. The molecule has 0 bridgehead atoms. The lowest BCUT2D eigenvalue weighted by molar-refractivity contribution is -0.0227. The van der Waals surface area contributed by atoms with Gasteiger partial charge >= 0.3 is 0 Å². The van der Waals surface area contributed by atoms with E-state index in [4.69, 9.17) is 4.74 Å². The highest BCUT2D eigenvalue weighted by molar-refractivity contribution is 5.44. The molecule has 2 aliphatic heterocycles. The molecule has 3 nitrogen and oxygen atoms in total. The van der Waals surface area contributed by atoms with E-state index >= 15 is 0 Å². The molecule has 3 heteroatoms. The van der Waals surface area contributed by atoms with Gasteiger partial charge in [0.15, 0.2) is 0 Å². The minimum absolute atomic E-state index is 0.0878. The predicted octanol–water partition coefficient (Wildman–Crippen LogP) is 3.08. The van der Waals surface area contributed by atoms with Crippen molar-refractivity contribution in [1.29, 1.82) is 0 Å². The van der Waals surface area contributed by atoms with E-state index in [1.165, 1.54) is 17.5 Å². The Kier molecular flexibility index (Phi) is 3.98. The van der Waals surface area contributed by atoms with Gasteiger partial charge in [-0.05, 0) is 55.4 Å². The van der Waals surface area contributed by atoms with Crippen molar-refractivity contribution in [2.45, 2.75) is 46.3 Å². The van der Waals surface area contributed by atoms with Gasteiger partial charge in [0, 0.05) is 18.7 Å². The summed E-state index contributed by atoms with van der Waals surface area (Å²) in [5.74, 6) is 2.25. The van der Waals surface area contributed by atoms with Gasteiger partial charge in [0.2, 0.25) is 0 Å². The molecule has 1 aromatic carbocycles. The van der Waals surface area contributed by atoms with E-state index in [0.29, 0.717) is 18.4 Å². The summed E-state index contributed by atoms with van der Waals surface area (Å²) in [5.41, 5.74) is 3.40. The van der Waals surface area contributed by atoms with Crippen LogP contribution in [0.1, 0.15) is 43.1 Å². The van der Waals surface area contributed by atoms with Crippen molar-refractivity contribution in [2.24, 2.45) is 11.8 Å². The first-order valence-electron chi connectivity index (χ1n) is 8.11. The topological polar surface area (TPSA) is 32.7 Å². The average Bonchev–Trinajstić information content (AvgIpc) is 2.40. The molecule has 3 rings (SSSR count). The summed E-state index contributed by atoms with van der Waals surface area (Å²) in [4.78, 5) is 2.43. The molecule has 4 atom stereocenters. The Bertz CT molecular complexity index is 518. The van der Waals surface area contributed by atoms with Gasteiger partial charge in [-0.3, -0.25) is 4.90 Å². The Balaban J connectivity index is 1.85. The van der Waals surface area contributed by atoms with Crippen LogP contribution in [0.25, 0.3) is 0 Å². The number of hydrogen-bond donors (Lipinski definition) is 1. The molecule has 1 saturated heterocycles. The molecule has 0 saturated carbocycles. The standard InChI is InChI=1S/C18H27NO2/c1-11-5-12(2)9-19(8-11)16-10-21-17-7-14(4)13(3)6-15(17)18(16)20/h6-7,11-12,16,18,20H,5,8-10H2,1-4H3. The largest absolute Gasteiger partial charge is 0.491 e. The highest BCUT2D eigenvalue weighted by Gasteiger charge is 2.36. The van der Waals surface area contributed by atoms with Gasteiger partial charge in [0.05, 0.1) is 6.04 Å². The van der Waals surface area contributed by atoms with Crippen molar-refractivity contribution in [2.75, 3.05) is 19.7 Å². The molecule has 2 aliphatic rings. The first kappa shape index (κ1) is 14.9. The molecule has 1 fully saturated rings. The summed E-state index contributed by atoms with van der Waals surface area (Å²) >= 11 is 0. The second kappa shape index (κ2) is 5.62. The van der Waals surface area contributed by atoms with Crippen molar-refractivity contribution in [3.05, 3.63) is 28.8 Å². The van der Waals surface area contributed by atoms with Gasteiger partial charge in [-0.15, -0.1) is 0 Å². The van der Waals surface area contributed by atoms with Gasteiger partial charge in [-0.1, -0.05) is 13.8 Å². The number of likely N-dealkylation sites (tertiary alicyclic amines) is 1. The van der Waals surface area contributed by atoms with Crippen molar-refractivity contribution in [1.82, 2.24) is 4.90 Å². The number of aryl methyl sites for hydroxylation is 2. The maximum absolute atomic E-state index is 10.8. The Labute approximate surface area is 127 Å². The van der Waals surface area contributed by atoms with Crippen LogP contribution in [0.4, 0.5) is 0 Å². The zero-order valence-electron chi connectivity index (χ0n) is 13.6. The number of aliphatic hydroxyl groups is 1. The predicted molar refractivity (Wildman–Crippen MR) is 84.7 cm³/mol.